The average Bonchev–Trinajstić information content (AvgIpc) is 3.35. The summed E-state index contributed by atoms with van der Waals surface area (Å²) in [6.07, 6.45) is 9.30. The van der Waals surface area contributed by atoms with Crippen molar-refractivity contribution in [2.45, 2.75) is 57.5 Å². The number of aromatic hydroxyl groups is 1. The Hall–Kier alpha value is -3.16. The molecule has 0 atom stereocenters. The standard InChI is InChI=1S/C22H27N5O3/c1-14(2)16-11-27(20-15(16)7-6-10-24-20)22(8-4-5-9-22)13-26-12-17(28)19(29)18(25-26)21(30)23-3/h6-7,10-12,14,28H,4-5,8-9,13H2,1-3H3,(H,23,30). The van der Waals surface area contributed by atoms with Crippen LogP contribution in [0.25, 0.3) is 11.0 Å². The van der Waals surface area contributed by atoms with Crippen LogP contribution in [0.2, 0.25) is 0 Å². The Morgan fingerprint density at radius 1 is 1.30 bits per heavy atom. The Morgan fingerprint density at radius 3 is 2.70 bits per heavy atom. The molecule has 4 rings (SSSR count). The number of fused-ring (bicyclic) bond motifs is 1. The van der Waals surface area contributed by atoms with Crippen molar-refractivity contribution in [2.75, 3.05) is 7.05 Å². The highest BCUT2D eigenvalue weighted by Crippen LogP contribution is 2.41. The van der Waals surface area contributed by atoms with Crippen molar-refractivity contribution in [3.63, 3.8) is 0 Å². The highest BCUT2D eigenvalue weighted by Gasteiger charge is 2.38. The van der Waals surface area contributed by atoms with Gasteiger partial charge in [0.1, 0.15) is 5.65 Å². The van der Waals surface area contributed by atoms with Crippen LogP contribution in [0, 0.1) is 0 Å². The van der Waals surface area contributed by atoms with E-state index in [1.165, 1.54) is 23.5 Å². The van der Waals surface area contributed by atoms with Gasteiger partial charge in [0.05, 0.1) is 18.3 Å². The number of hydrogen-bond acceptors (Lipinski definition) is 5. The van der Waals surface area contributed by atoms with Crippen LogP contribution in [-0.2, 0) is 12.1 Å². The lowest BCUT2D eigenvalue weighted by molar-refractivity contribution is 0.0952. The summed E-state index contributed by atoms with van der Waals surface area (Å²) in [6, 6.07) is 4.06. The third kappa shape index (κ3) is 3.26. The molecule has 2 N–H and O–H groups in total. The second-order valence-electron chi connectivity index (χ2n) is 8.38. The van der Waals surface area contributed by atoms with Crippen molar-refractivity contribution in [3.05, 3.63) is 52.2 Å². The molecule has 0 saturated heterocycles. The Labute approximate surface area is 174 Å². The molecule has 0 aliphatic heterocycles. The topological polar surface area (TPSA) is 102 Å². The van der Waals surface area contributed by atoms with Gasteiger partial charge in [0.15, 0.2) is 11.4 Å². The Kier molecular flexibility index (Phi) is 5.09. The molecule has 0 aromatic carbocycles. The molecular weight excluding hydrogens is 382 g/mol. The molecule has 8 heteroatoms. The van der Waals surface area contributed by atoms with Crippen LogP contribution in [0.3, 0.4) is 0 Å². The summed E-state index contributed by atoms with van der Waals surface area (Å²) < 4.78 is 3.78. The van der Waals surface area contributed by atoms with Gasteiger partial charge in [-0.15, -0.1) is 0 Å². The third-order valence-electron chi connectivity index (χ3n) is 6.11. The molecule has 1 amide bonds. The summed E-state index contributed by atoms with van der Waals surface area (Å²) >= 11 is 0. The molecule has 1 aliphatic rings. The lowest BCUT2D eigenvalue weighted by Crippen LogP contribution is -2.37. The molecule has 0 radical (unpaired) electrons. The van der Waals surface area contributed by atoms with E-state index in [2.05, 4.69) is 46.1 Å². The maximum absolute atomic E-state index is 12.2. The minimum atomic E-state index is -0.763. The van der Waals surface area contributed by atoms with Crippen molar-refractivity contribution in [2.24, 2.45) is 0 Å². The molecule has 1 saturated carbocycles. The van der Waals surface area contributed by atoms with Gasteiger partial charge in [-0.2, -0.15) is 5.10 Å². The van der Waals surface area contributed by atoms with Gasteiger partial charge in [-0.1, -0.05) is 26.7 Å². The monoisotopic (exact) mass is 409 g/mol. The second-order valence-corrected chi connectivity index (χ2v) is 8.38. The summed E-state index contributed by atoms with van der Waals surface area (Å²) in [4.78, 5) is 28.9. The van der Waals surface area contributed by atoms with Crippen molar-refractivity contribution in [3.8, 4) is 5.75 Å². The fourth-order valence-corrected chi connectivity index (χ4v) is 4.59. The number of hydrogen-bond donors (Lipinski definition) is 2. The fourth-order valence-electron chi connectivity index (χ4n) is 4.59. The van der Waals surface area contributed by atoms with Gasteiger partial charge < -0.3 is 15.0 Å². The number of nitrogens with one attached hydrogen (secondary N) is 1. The Morgan fingerprint density at radius 2 is 2.03 bits per heavy atom. The van der Waals surface area contributed by atoms with Crippen LogP contribution in [-0.4, -0.2) is 37.4 Å². The first-order valence-electron chi connectivity index (χ1n) is 10.4. The maximum atomic E-state index is 12.2. The first-order chi connectivity index (χ1) is 14.4. The van der Waals surface area contributed by atoms with Crippen LogP contribution < -0.4 is 10.7 Å². The van der Waals surface area contributed by atoms with Gasteiger partial charge in [-0.05, 0) is 36.5 Å². The number of aromatic nitrogens is 4. The zero-order valence-corrected chi connectivity index (χ0v) is 17.6. The second kappa shape index (κ2) is 7.59. The summed E-state index contributed by atoms with van der Waals surface area (Å²) in [7, 11) is 1.43. The molecule has 158 valence electrons. The van der Waals surface area contributed by atoms with Gasteiger partial charge in [-0.25, -0.2) is 4.98 Å². The van der Waals surface area contributed by atoms with Crippen LogP contribution in [0.1, 0.15) is 61.5 Å². The van der Waals surface area contributed by atoms with E-state index < -0.39 is 17.1 Å². The molecule has 1 aliphatic carbocycles. The Balaban J connectivity index is 1.85. The van der Waals surface area contributed by atoms with E-state index in [1.807, 2.05) is 6.07 Å². The molecular formula is C22H27N5O3. The predicted molar refractivity (Wildman–Crippen MR) is 114 cm³/mol. The van der Waals surface area contributed by atoms with E-state index in [9.17, 15) is 14.7 Å². The smallest absolute Gasteiger partial charge is 0.275 e. The van der Waals surface area contributed by atoms with E-state index in [4.69, 9.17) is 0 Å². The minimum absolute atomic E-state index is 0.297. The normalized spacial score (nSPS) is 15.7. The predicted octanol–water partition coefficient (Wildman–Crippen LogP) is 2.75. The lowest BCUT2D eigenvalue weighted by Gasteiger charge is -2.32. The van der Waals surface area contributed by atoms with Crippen molar-refractivity contribution < 1.29 is 9.90 Å². The number of amides is 1. The largest absolute Gasteiger partial charge is 0.503 e. The van der Waals surface area contributed by atoms with E-state index >= 15 is 0 Å². The summed E-state index contributed by atoms with van der Waals surface area (Å²) in [6.45, 7) is 4.78. The quantitative estimate of drug-likeness (QED) is 0.675. The van der Waals surface area contributed by atoms with E-state index in [-0.39, 0.29) is 11.2 Å². The molecule has 3 heterocycles. The fraction of sp³-hybridized carbons (Fsp3) is 0.455. The molecule has 1 fully saturated rings. The van der Waals surface area contributed by atoms with Gasteiger partial charge in [0.2, 0.25) is 0 Å². The number of nitrogens with zero attached hydrogens (tertiary/aromatic N) is 4. The zero-order valence-electron chi connectivity index (χ0n) is 17.6. The van der Waals surface area contributed by atoms with Gasteiger partial charge in [0.25, 0.3) is 11.3 Å². The number of carbonyl (C=O) groups excluding carboxylic acids is 1. The molecule has 0 bridgehead atoms. The molecule has 0 unspecified atom stereocenters. The molecule has 3 aromatic heterocycles. The van der Waals surface area contributed by atoms with Crippen LogP contribution in [0.15, 0.2) is 35.5 Å². The maximum Gasteiger partial charge on any atom is 0.275 e. The third-order valence-corrected chi connectivity index (χ3v) is 6.11. The molecule has 8 nitrogen and oxygen atoms in total. The van der Waals surface area contributed by atoms with Crippen molar-refractivity contribution >= 4 is 16.9 Å². The van der Waals surface area contributed by atoms with Crippen molar-refractivity contribution in [1.82, 2.24) is 24.6 Å². The Bertz CT molecular complexity index is 1160. The van der Waals surface area contributed by atoms with Gasteiger partial charge in [0, 0.05) is 24.8 Å². The summed E-state index contributed by atoms with van der Waals surface area (Å²) in [5, 5.41) is 17.9. The van der Waals surface area contributed by atoms with Gasteiger partial charge in [-0.3, -0.25) is 14.3 Å². The van der Waals surface area contributed by atoms with Gasteiger partial charge >= 0.3 is 0 Å². The summed E-state index contributed by atoms with van der Waals surface area (Å²) in [5.41, 5.74) is 0.810. The highest BCUT2D eigenvalue weighted by atomic mass is 16.3. The van der Waals surface area contributed by atoms with Crippen LogP contribution in [0.4, 0.5) is 0 Å². The van der Waals surface area contributed by atoms with E-state index in [0.29, 0.717) is 12.5 Å². The highest BCUT2D eigenvalue weighted by molar-refractivity contribution is 5.92. The number of rotatable bonds is 5. The van der Waals surface area contributed by atoms with Crippen molar-refractivity contribution in [1.29, 1.82) is 0 Å². The lowest BCUT2D eigenvalue weighted by atomic mass is 9.97. The van der Waals surface area contributed by atoms with E-state index in [1.54, 1.807) is 6.20 Å². The minimum Gasteiger partial charge on any atom is -0.503 e. The number of pyridine rings is 1. The molecule has 3 aromatic rings. The first-order valence-corrected chi connectivity index (χ1v) is 10.4. The van der Waals surface area contributed by atoms with Crippen LogP contribution in [0.5, 0.6) is 5.75 Å². The zero-order chi connectivity index (χ0) is 21.5. The average molecular weight is 409 g/mol. The van der Waals surface area contributed by atoms with E-state index in [0.717, 1.165) is 36.7 Å². The SMILES string of the molecule is CNC(=O)c1nn(CC2(n3cc(C(C)C)c4cccnc43)CCCC2)cc(O)c1=O. The molecule has 0 spiro atoms. The first kappa shape index (κ1) is 20.1. The summed E-state index contributed by atoms with van der Waals surface area (Å²) in [5.74, 6) is -0.735. The number of carbonyl (C=O) groups is 1. The van der Waals surface area contributed by atoms with Crippen LogP contribution >= 0.6 is 0 Å². The molecule has 30 heavy (non-hydrogen) atoms.